The number of halogens is 1. The zero-order valence-electron chi connectivity index (χ0n) is 20.9. The number of aryl methyl sites for hydroxylation is 2. The molecule has 0 bridgehead atoms. The molecule has 1 atom stereocenters. The lowest BCUT2D eigenvalue weighted by Crippen LogP contribution is -2.42. The highest BCUT2D eigenvalue weighted by molar-refractivity contribution is 6.31. The Labute approximate surface area is 217 Å². The van der Waals surface area contributed by atoms with Crippen molar-refractivity contribution < 1.29 is 0 Å². The molecule has 1 unspecified atom stereocenters. The summed E-state index contributed by atoms with van der Waals surface area (Å²) in [7, 11) is 0. The van der Waals surface area contributed by atoms with Crippen LogP contribution >= 0.6 is 11.6 Å². The minimum absolute atomic E-state index is 0.410. The Hall–Kier alpha value is -3.02. The van der Waals surface area contributed by atoms with Crippen LogP contribution in [0.15, 0.2) is 54.7 Å². The second-order valence-electron chi connectivity index (χ2n) is 10.3. The highest BCUT2D eigenvalue weighted by atomic mass is 35.5. The van der Waals surface area contributed by atoms with Crippen molar-refractivity contribution in [1.82, 2.24) is 20.3 Å². The molecule has 6 heteroatoms. The summed E-state index contributed by atoms with van der Waals surface area (Å²) in [6.07, 6.45) is 8.53. The van der Waals surface area contributed by atoms with E-state index in [0.717, 1.165) is 70.1 Å². The Bertz CT molecular complexity index is 1410. The second-order valence-corrected chi connectivity index (χ2v) is 10.8. The number of hydrogen-bond acceptors (Lipinski definition) is 5. The van der Waals surface area contributed by atoms with E-state index in [1.165, 1.54) is 24.0 Å². The molecular formula is C30H32ClN5. The van der Waals surface area contributed by atoms with Crippen LogP contribution in [-0.2, 0) is 12.8 Å². The molecule has 4 aromatic rings. The standard InChI is InChI=1S/C30H32ClN5/c1-18-25(6-4-14-32-18)21-8-13-29-26(16-21)19(2)33-30(36-29)35-23-11-9-22(10-12-23)34-24-15-20-5-3-7-28(31)27(20)17-24/h3-8,13-14,16,22-24,34H,9-12,15,17H2,1-2H3,(H,33,35,36). The molecule has 2 aliphatic rings. The number of nitrogens with one attached hydrogen (secondary N) is 2. The average molecular weight is 498 g/mol. The first-order chi connectivity index (χ1) is 17.5. The minimum Gasteiger partial charge on any atom is -0.351 e. The highest BCUT2D eigenvalue weighted by Crippen LogP contribution is 2.31. The van der Waals surface area contributed by atoms with Gasteiger partial charge in [0.2, 0.25) is 5.95 Å². The number of pyridine rings is 1. The number of aromatic nitrogens is 3. The lowest BCUT2D eigenvalue weighted by molar-refractivity contribution is 0.324. The molecule has 36 heavy (non-hydrogen) atoms. The van der Waals surface area contributed by atoms with Crippen LogP contribution in [0.3, 0.4) is 0 Å². The van der Waals surface area contributed by atoms with E-state index < -0.39 is 0 Å². The summed E-state index contributed by atoms with van der Waals surface area (Å²) in [5.74, 6) is 0.739. The fraction of sp³-hybridized carbons (Fsp3) is 0.367. The summed E-state index contributed by atoms with van der Waals surface area (Å²) in [5.41, 5.74) is 8.04. The van der Waals surface area contributed by atoms with Crippen LogP contribution in [0, 0.1) is 13.8 Å². The molecule has 6 rings (SSSR count). The quantitative estimate of drug-likeness (QED) is 0.332. The summed E-state index contributed by atoms with van der Waals surface area (Å²) in [4.78, 5) is 14.1. The molecule has 0 aliphatic heterocycles. The van der Waals surface area contributed by atoms with Gasteiger partial charge in [-0.3, -0.25) is 4.98 Å². The zero-order chi connectivity index (χ0) is 24.6. The van der Waals surface area contributed by atoms with Crippen molar-refractivity contribution in [2.75, 3.05) is 5.32 Å². The molecule has 1 saturated carbocycles. The minimum atomic E-state index is 0.410. The number of rotatable bonds is 5. The van der Waals surface area contributed by atoms with Crippen LogP contribution in [0.25, 0.3) is 22.0 Å². The van der Waals surface area contributed by atoms with Crippen LogP contribution in [0.2, 0.25) is 5.02 Å². The summed E-state index contributed by atoms with van der Waals surface area (Å²) in [5, 5.41) is 9.54. The van der Waals surface area contributed by atoms with Crippen molar-refractivity contribution in [2.45, 2.75) is 70.5 Å². The molecule has 2 heterocycles. The highest BCUT2D eigenvalue weighted by Gasteiger charge is 2.28. The van der Waals surface area contributed by atoms with Crippen LogP contribution < -0.4 is 10.6 Å². The largest absolute Gasteiger partial charge is 0.351 e. The van der Waals surface area contributed by atoms with Gasteiger partial charge in [-0.05, 0) is 93.3 Å². The molecule has 184 valence electrons. The van der Waals surface area contributed by atoms with E-state index in [2.05, 4.69) is 58.9 Å². The number of anilines is 1. The lowest BCUT2D eigenvalue weighted by atomic mass is 9.90. The van der Waals surface area contributed by atoms with Gasteiger partial charge in [0.1, 0.15) is 0 Å². The third-order valence-corrected chi connectivity index (χ3v) is 8.22. The Balaban J connectivity index is 1.08. The van der Waals surface area contributed by atoms with Crippen molar-refractivity contribution >= 4 is 28.5 Å². The maximum Gasteiger partial charge on any atom is 0.223 e. The monoisotopic (exact) mass is 497 g/mol. The first kappa shape index (κ1) is 23.4. The van der Waals surface area contributed by atoms with Gasteiger partial charge in [-0.2, -0.15) is 0 Å². The normalized spacial score (nSPS) is 21.5. The Morgan fingerprint density at radius 3 is 2.47 bits per heavy atom. The zero-order valence-corrected chi connectivity index (χ0v) is 21.6. The van der Waals surface area contributed by atoms with Crippen LogP contribution in [0.5, 0.6) is 0 Å². The third kappa shape index (κ3) is 4.70. The average Bonchev–Trinajstić information content (AvgIpc) is 3.29. The number of hydrogen-bond donors (Lipinski definition) is 2. The predicted molar refractivity (Wildman–Crippen MR) is 148 cm³/mol. The number of fused-ring (bicyclic) bond motifs is 2. The van der Waals surface area contributed by atoms with E-state index in [9.17, 15) is 0 Å². The number of nitrogens with zero attached hydrogens (tertiary/aromatic N) is 3. The molecule has 2 aromatic carbocycles. The van der Waals surface area contributed by atoms with Crippen molar-refractivity contribution in [1.29, 1.82) is 0 Å². The predicted octanol–water partition coefficient (Wildman–Crippen LogP) is 6.44. The van der Waals surface area contributed by atoms with E-state index in [-0.39, 0.29) is 0 Å². The maximum atomic E-state index is 6.41. The van der Waals surface area contributed by atoms with E-state index in [1.54, 1.807) is 0 Å². The second kappa shape index (κ2) is 9.79. The molecule has 1 fully saturated rings. The summed E-state index contributed by atoms with van der Waals surface area (Å²) >= 11 is 6.41. The van der Waals surface area contributed by atoms with Crippen molar-refractivity contribution in [3.63, 3.8) is 0 Å². The van der Waals surface area contributed by atoms with E-state index in [1.807, 2.05) is 25.3 Å². The van der Waals surface area contributed by atoms with Gasteiger partial charge in [-0.25, -0.2) is 9.97 Å². The summed E-state index contributed by atoms with van der Waals surface area (Å²) in [6.45, 7) is 4.12. The van der Waals surface area contributed by atoms with E-state index >= 15 is 0 Å². The molecule has 5 nitrogen and oxygen atoms in total. The van der Waals surface area contributed by atoms with Gasteiger partial charge in [0.15, 0.2) is 0 Å². The fourth-order valence-corrected chi connectivity index (χ4v) is 6.22. The van der Waals surface area contributed by atoms with Crippen LogP contribution in [-0.4, -0.2) is 33.1 Å². The summed E-state index contributed by atoms with van der Waals surface area (Å²) < 4.78 is 0. The number of benzene rings is 2. The first-order valence-electron chi connectivity index (χ1n) is 13.0. The maximum absolute atomic E-state index is 6.41. The van der Waals surface area contributed by atoms with Gasteiger partial charge >= 0.3 is 0 Å². The molecular weight excluding hydrogens is 466 g/mol. The Kier molecular flexibility index (Phi) is 6.36. The van der Waals surface area contributed by atoms with Crippen LogP contribution in [0.1, 0.15) is 48.2 Å². The van der Waals surface area contributed by atoms with Crippen LogP contribution in [0.4, 0.5) is 5.95 Å². The lowest BCUT2D eigenvalue weighted by Gasteiger charge is -2.31. The summed E-state index contributed by atoms with van der Waals surface area (Å²) in [6, 6.07) is 18.3. The topological polar surface area (TPSA) is 62.7 Å². The van der Waals surface area contributed by atoms with E-state index in [0.29, 0.717) is 18.1 Å². The molecule has 2 aliphatic carbocycles. The van der Waals surface area contributed by atoms with Gasteiger partial charge in [-0.15, -0.1) is 0 Å². The first-order valence-corrected chi connectivity index (χ1v) is 13.4. The molecule has 2 aromatic heterocycles. The fourth-order valence-electron chi connectivity index (χ4n) is 5.95. The third-order valence-electron chi connectivity index (χ3n) is 7.87. The molecule has 0 radical (unpaired) electrons. The SMILES string of the molecule is Cc1ncccc1-c1ccc2nc(NC3CCC(NC4Cc5cccc(Cl)c5C4)CC3)nc(C)c2c1. The van der Waals surface area contributed by atoms with Gasteiger partial charge in [0.25, 0.3) is 0 Å². The molecule has 0 amide bonds. The van der Waals surface area contributed by atoms with Gasteiger partial charge in [0.05, 0.1) is 11.2 Å². The Morgan fingerprint density at radius 2 is 1.67 bits per heavy atom. The van der Waals surface area contributed by atoms with Crippen molar-refractivity contribution in [2.24, 2.45) is 0 Å². The van der Waals surface area contributed by atoms with E-state index in [4.69, 9.17) is 21.6 Å². The van der Waals surface area contributed by atoms with Crippen molar-refractivity contribution in [3.05, 3.63) is 82.3 Å². The molecule has 2 N–H and O–H groups in total. The molecule has 0 spiro atoms. The van der Waals surface area contributed by atoms with Crippen molar-refractivity contribution in [3.8, 4) is 11.1 Å². The van der Waals surface area contributed by atoms with Gasteiger partial charge in [-0.1, -0.05) is 35.9 Å². The van der Waals surface area contributed by atoms with Gasteiger partial charge < -0.3 is 10.6 Å². The van der Waals surface area contributed by atoms with Gasteiger partial charge in [0, 0.05) is 46.0 Å². The Morgan fingerprint density at radius 1 is 0.833 bits per heavy atom. The smallest absolute Gasteiger partial charge is 0.223 e. The molecule has 0 saturated heterocycles.